The topological polar surface area (TPSA) is 42.3 Å². The van der Waals surface area contributed by atoms with Gasteiger partial charge in [0.2, 0.25) is 0 Å². The number of nitrogens with zero attached hydrogens (tertiary/aromatic N) is 3. The molecule has 19 heavy (non-hydrogen) atoms. The lowest BCUT2D eigenvalue weighted by atomic mass is 9.94. The zero-order chi connectivity index (χ0) is 14.3. The van der Waals surface area contributed by atoms with Crippen molar-refractivity contribution in [3.05, 3.63) is 0 Å². The second-order valence-corrected chi connectivity index (χ2v) is 6.18. The molecule has 1 aliphatic carbocycles. The molecular formula is C15H30N4. The first kappa shape index (κ1) is 16.4. The van der Waals surface area contributed by atoms with E-state index in [9.17, 15) is 5.26 Å². The van der Waals surface area contributed by atoms with Crippen LogP contribution < -0.4 is 5.32 Å². The van der Waals surface area contributed by atoms with Crippen molar-refractivity contribution < 1.29 is 0 Å². The lowest BCUT2D eigenvalue weighted by molar-refractivity contribution is 0.219. The Morgan fingerprint density at radius 3 is 2.42 bits per heavy atom. The van der Waals surface area contributed by atoms with Crippen molar-refractivity contribution in [3.8, 4) is 6.07 Å². The van der Waals surface area contributed by atoms with Gasteiger partial charge < -0.3 is 9.80 Å². The second-order valence-electron chi connectivity index (χ2n) is 6.18. The van der Waals surface area contributed by atoms with E-state index in [2.05, 4.69) is 49.3 Å². The summed E-state index contributed by atoms with van der Waals surface area (Å²) in [5.41, 5.74) is -0.317. The molecule has 0 aromatic carbocycles. The molecule has 1 atom stereocenters. The highest BCUT2D eigenvalue weighted by Crippen LogP contribution is 2.39. The van der Waals surface area contributed by atoms with Gasteiger partial charge in [-0.2, -0.15) is 5.26 Å². The lowest BCUT2D eigenvalue weighted by Gasteiger charge is -2.32. The normalized spacial score (nSPS) is 18.6. The van der Waals surface area contributed by atoms with Crippen LogP contribution in [0.2, 0.25) is 0 Å². The molecule has 1 rings (SSSR count). The molecule has 0 aromatic rings. The maximum atomic E-state index is 9.63. The highest BCUT2D eigenvalue weighted by atomic mass is 15.2. The molecule has 4 nitrogen and oxygen atoms in total. The van der Waals surface area contributed by atoms with Gasteiger partial charge in [0.15, 0.2) is 0 Å². The van der Waals surface area contributed by atoms with Crippen molar-refractivity contribution in [1.29, 1.82) is 5.26 Å². The highest BCUT2D eigenvalue weighted by molar-refractivity contribution is 5.16. The quantitative estimate of drug-likeness (QED) is 0.651. The highest BCUT2D eigenvalue weighted by Gasteiger charge is 2.45. The Morgan fingerprint density at radius 1 is 1.26 bits per heavy atom. The van der Waals surface area contributed by atoms with E-state index in [1.165, 1.54) is 12.8 Å². The number of hydrogen-bond donors (Lipinski definition) is 1. The maximum Gasteiger partial charge on any atom is 0.122 e. The predicted octanol–water partition coefficient (Wildman–Crippen LogP) is 1.54. The van der Waals surface area contributed by atoms with E-state index in [-0.39, 0.29) is 5.54 Å². The van der Waals surface area contributed by atoms with Crippen LogP contribution in [0.1, 0.15) is 32.6 Å². The maximum absolute atomic E-state index is 9.63. The van der Waals surface area contributed by atoms with E-state index in [1.54, 1.807) is 0 Å². The summed E-state index contributed by atoms with van der Waals surface area (Å²) in [6, 6.07) is 2.58. The average Bonchev–Trinajstić information content (AvgIpc) is 3.18. The van der Waals surface area contributed by atoms with Crippen LogP contribution in [0.5, 0.6) is 0 Å². The van der Waals surface area contributed by atoms with Crippen LogP contribution in [0.4, 0.5) is 0 Å². The molecule has 0 aliphatic heterocycles. The van der Waals surface area contributed by atoms with Gasteiger partial charge in [-0.1, -0.05) is 6.92 Å². The second kappa shape index (κ2) is 7.84. The average molecular weight is 266 g/mol. The monoisotopic (exact) mass is 266 g/mol. The summed E-state index contributed by atoms with van der Waals surface area (Å²) >= 11 is 0. The minimum atomic E-state index is -0.317. The van der Waals surface area contributed by atoms with Crippen LogP contribution >= 0.6 is 0 Å². The first-order chi connectivity index (χ1) is 9.04. The van der Waals surface area contributed by atoms with E-state index < -0.39 is 0 Å². The van der Waals surface area contributed by atoms with E-state index >= 15 is 0 Å². The standard InChI is InChI=1S/C15H30N4/c1-5-9-17-15(12-16,14-7-8-14)13-19(4)11-6-10-18(2)3/h14,17H,5-11,13H2,1-4H3. The molecule has 1 unspecified atom stereocenters. The Balaban J connectivity index is 2.45. The molecule has 0 heterocycles. The van der Waals surface area contributed by atoms with Crippen LogP contribution in [-0.4, -0.2) is 62.7 Å². The fraction of sp³-hybridized carbons (Fsp3) is 0.933. The van der Waals surface area contributed by atoms with Crippen LogP contribution in [0.25, 0.3) is 0 Å². The van der Waals surface area contributed by atoms with E-state index in [4.69, 9.17) is 0 Å². The Kier molecular flexibility index (Phi) is 6.78. The largest absolute Gasteiger partial charge is 0.309 e. The van der Waals surface area contributed by atoms with Gasteiger partial charge in [-0.3, -0.25) is 5.32 Å². The molecule has 1 saturated carbocycles. The van der Waals surface area contributed by atoms with E-state index in [0.29, 0.717) is 5.92 Å². The fourth-order valence-electron chi connectivity index (χ4n) is 2.58. The summed E-state index contributed by atoms with van der Waals surface area (Å²) in [6.07, 6.45) is 4.65. The molecule has 1 N–H and O–H groups in total. The van der Waals surface area contributed by atoms with Gasteiger partial charge in [0.1, 0.15) is 5.54 Å². The molecule has 0 amide bonds. The number of hydrogen-bond acceptors (Lipinski definition) is 4. The number of nitrogens with one attached hydrogen (secondary N) is 1. The van der Waals surface area contributed by atoms with Gasteiger partial charge >= 0.3 is 0 Å². The predicted molar refractivity (Wildman–Crippen MR) is 80.0 cm³/mol. The summed E-state index contributed by atoms with van der Waals surface area (Å²) in [6.45, 7) is 6.11. The van der Waals surface area contributed by atoms with Gasteiger partial charge in [-0.15, -0.1) is 0 Å². The molecular weight excluding hydrogens is 236 g/mol. The van der Waals surface area contributed by atoms with E-state index in [0.717, 1.165) is 39.0 Å². The SMILES string of the molecule is CCCNC(C#N)(CN(C)CCCN(C)C)C1CC1. The van der Waals surface area contributed by atoms with Crippen LogP contribution in [0, 0.1) is 17.2 Å². The third-order valence-corrected chi connectivity index (χ3v) is 3.83. The molecule has 0 saturated heterocycles. The smallest absolute Gasteiger partial charge is 0.122 e. The Hall–Kier alpha value is -0.630. The van der Waals surface area contributed by atoms with Crippen molar-refractivity contribution >= 4 is 0 Å². The Bertz CT molecular complexity index is 293. The van der Waals surface area contributed by atoms with Crippen molar-refractivity contribution in [1.82, 2.24) is 15.1 Å². The summed E-state index contributed by atoms with van der Waals surface area (Å²) in [5, 5.41) is 13.1. The molecule has 0 aromatic heterocycles. The molecule has 0 radical (unpaired) electrons. The Labute approximate surface area is 118 Å². The van der Waals surface area contributed by atoms with Crippen molar-refractivity contribution in [2.45, 2.75) is 38.1 Å². The zero-order valence-corrected chi connectivity index (χ0v) is 13.1. The van der Waals surface area contributed by atoms with Gasteiger partial charge in [-0.05, 0) is 72.4 Å². The molecule has 1 fully saturated rings. The summed E-state index contributed by atoms with van der Waals surface area (Å²) in [7, 11) is 6.34. The zero-order valence-electron chi connectivity index (χ0n) is 13.1. The molecule has 1 aliphatic rings. The number of rotatable bonds is 10. The molecule has 0 bridgehead atoms. The van der Waals surface area contributed by atoms with Gasteiger partial charge in [0, 0.05) is 6.54 Å². The minimum Gasteiger partial charge on any atom is -0.309 e. The Morgan fingerprint density at radius 2 is 1.95 bits per heavy atom. The van der Waals surface area contributed by atoms with Gasteiger partial charge in [0.25, 0.3) is 0 Å². The van der Waals surface area contributed by atoms with Gasteiger partial charge in [0.05, 0.1) is 6.07 Å². The van der Waals surface area contributed by atoms with Crippen molar-refractivity contribution in [2.24, 2.45) is 5.92 Å². The third kappa shape index (κ3) is 5.48. The molecule has 0 spiro atoms. The first-order valence-corrected chi connectivity index (χ1v) is 7.53. The molecule has 110 valence electrons. The lowest BCUT2D eigenvalue weighted by Crippen LogP contribution is -2.54. The number of nitriles is 1. The van der Waals surface area contributed by atoms with Crippen LogP contribution in [-0.2, 0) is 0 Å². The first-order valence-electron chi connectivity index (χ1n) is 7.53. The number of likely N-dealkylation sites (N-methyl/N-ethyl adjacent to an activating group) is 1. The minimum absolute atomic E-state index is 0.317. The molecule has 4 heteroatoms. The van der Waals surface area contributed by atoms with Crippen molar-refractivity contribution in [3.63, 3.8) is 0 Å². The van der Waals surface area contributed by atoms with Gasteiger partial charge in [-0.25, -0.2) is 0 Å². The summed E-state index contributed by atoms with van der Waals surface area (Å²) < 4.78 is 0. The van der Waals surface area contributed by atoms with Crippen LogP contribution in [0.15, 0.2) is 0 Å². The summed E-state index contributed by atoms with van der Waals surface area (Å²) in [5.74, 6) is 0.556. The summed E-state index contributed by atoms with van der Waals surface area (Å²) in [4.78, 5) is 4.52. The third-order valence-electron chi connectivity index (χ3n) is 3.83. The van der Waals surface area contributed by atoms with Crippen LogP contribution in [0.3, 0.4) is 0 Å². The van der Waals surface area contributed by atoms with Crippen molar-refractivity contribution in [2.75, 3.05) is 47.3 Å². The fourth-order valence-corrected chi connectivity index (χ4v) is 2.58. The van der Waals surface area contributed by atoms with E-state index in [1.807, 2.05) is 0 Å².